The fourth-order valence-electron chi connectivity index (χ4n) is 6.51. The number of likely N-dealkylation sites (tertiary alicyclic amines) is 1. The van der Waals surface area contributed by atoms with Crippen molar-refractivity contribution in [3.05, 3.63) is 99.5 Å². The molecular weight excluding hydrogens is 585 g/mol. The van der Waals surface area contributed by atoms with Gasteiger partial charge in [-0.05, 0) is 67.7 Å². The highest BCUT2D eigenvalue weighted by molar-refractivity contribution is 6.42. The van der Waals surface area contributed by atoms with Crippen LogP contribution in [0.2, 0.25) is 10.0 Å². The molecule has 3 aromatic carbocycles. The highest BCUT2D eigenvalue weighted by atomic mass is 35.5. The molecule has 2 saturated heterocycles. The van der Waals surface area contributed by atoms with Crippen molar-refractivity contribution in [3.63, 3.8) is 0 Å². The summed E-state index contributed by atoms with van der Waals surface area (Å²) in [6.45, 7) is 3.50. The zero-order valence-corrected chi connectivity index (χ0v) is 26.5. The van der Waals surface area contributed by atoms with Crippen molar-refractivity contribution in [1.29, 1.82) is 0 Å². The van der Waals surface area contributed by atoms with Crippen LogP contribution >= 0.6 is 23.2 Å². The molecule has 0 saturated carbocycles. The van der Waals surface area contributed by atoms with E-state index in [0.717, 1.165) is 43.6 Å². The molecule has 2 fully saturated rings. The first-order valence-electron chi connectivity index (χ1n) is 14.7. The Morgan fingerprint density at radius 2 is 1.60 bits per heavy atom. The minimum atomic E-state index is -0.780. The van der Waals surface area contributed by atoms with E-state index in [-0.39, 0.29) is 11.8 Å². The molecule has 228 valence electrons. The zero-order valence-electron chi connectivity index (χ0n) is 25.0. The number of nitrogens with zero attached hydrogens (tertiary/aromatic N) is 3. The number of methoxy groups -OCH3 is 1. The van der Waals surface area contributed by atoms with Gasteiger partial charge >= 0.3 is 0 Å². The summed E-state index contributed by atoms with van der Waals surface area (Å²) in [5.74, 6) is 0.589. The van der Waals surface area contributed by atoms with Gasteiger partial charge in [0.05, 0.1) is 41.3 Å². The molecule has 2 heterocycles. The van der Waals surface area contributed by atoms with Gasteiger partial charge in [0.2, 0.25) is 5.91 Å². The van der Waals surface area contributed by atoms with Crippen molar-refractivity contribution in [2.75, 3.05) is 60.5 Å². The minimum absolute atomic E-state index is 0.0991. The first-order chi connectivity index (χ1) is 20.7. The summed E-state index contributed by atoms with van der Waals surface area (Å²) < 4.78 is 12.1. The largest absolute Gasteiger partial charge is 0.496 e. The van der Waals surface area contributed by atoms with Gasteiger partial charge in [0, 0.05) is 27.2 Å². The van der Waals surface area contributed by atoms with E-state index in [1.54, 1.807) is 30.2 Å². The molecule has 43 heavy (non-hydrogen) atoms. The number of amides is 2. The van der Waals surface area contributed by atoms with E-state index in [4.69, 9.17) is 32.7 Å². The van der Waals surface area contributed by atoms with Crippen LogP contribution in [0.15, 0.2) is 72.8 Å². The molecular formula is C34H39Cl2N3O4. The number of piperidine rings is 1. The molecule has 9 heteroatoms. The van der Waals surface area contributed by atoms with Crippen LogP contribution in [-0.2, 0) is 20.5 Å². The SMILES string of the molecule is COc1ccccc1C(=O)N1CCOC(CCN2CCC(C(=O)N(C)C)(c3ccccc3)CC2)(c2ccc(Cl)c(Cl)c2)C1. The summed E-state index contributed by atoms with van der Waals surface area (Å²) in [4.78, 5) is 33.2. The van der Waals surface area contributed by atoms with E-state index in [9.17, 15) is 9.59 Å². The summed E-state index contributed by atoms with van der Waals surface area (Å²) >= 11 is 12.8. The lowest BCUT2D eigenvalue weighted by molar-refractivity contribution is -0.137. The monoisotopic (exact) mass is 623 g/mol. The van der Waals surface area contributed by atoms with Crippen LogP contribution in [0.1, 0.15) is 40.7 Å². The Balaban J connectivity index is 1.37. The maximum Gasteiger partial charge on any atom is 0.257 e. The van der Waals surface area contributed by atoms with Crippen molar-refractivity contribution >= 4 is 35.0 Å². The molecule has 2 aliphatic heterocycles. The average Bonchev–Trinajstić information content (AvgIpc) is 3.05. The smallest absolute Gasteiger partial charge is 0.257 e. The molecule has 2 amide bonds. The van der Waals surface area contributed by atoms with Gasteiger partial charge in [-0.3, -0.25) is 9.59 Å². The second-order valence-corrected chi connectivity index (χ2v) is 12.5. The number of halogens is 2. The third-order valence-corrected chi connectivity index (χ3v) is 9.68. The molecule has 1 unspecified atom stereocenters. The highest BCUT2D eigenvalue weighted by Gasteiger charge is 2.45. The second-order valence-electron chi connectivity index (χ2n) is 11.6. The fraction of sp³-hybridized carbons (Fsp3) is 0.412. The van der Waals surface area contributed by atoms with E-state index >= 15 is 0 Å². The van der Waals surface area contributed by atoms with E-state index in [0.29, 0.717) is 47.5 Å². The van der Waals surface area contributed by atoms with Gasteiger partial charge in [-0.1, -0.05) is 71.7 Å². The van der Waals surface area contributed by atoms with Gasteiger partial charge in [0.15, 0.2) is 0 Å². The molecule has 7 nitrogen and oxygen atoms in total. The van der Waals surface area contributed by atoms with E-state index in [2.05, 4.69) is 17.0 Å². The normalized spacial score (nSPS) is 20.4. The summed E-state index contributed by atoms with van der Waals surface area (Å²) in [6.07, 6.45) is 2.10. The van der Waals surface area contributed by atoms with Crippen LogP contribution in [0, 0.1) is 0 Å². The number of likely N-dealkylation sites (N-methyl/N-ethyl adjacent to an activating group) is 1. The predicted octanol–water partition coefficient (Wildman–Crippen LogP) is 5.88. The molecule has 1 atom stereocenters. The lowest BCUT2D eigenvalue weighted by Gasteiger charge is -2.46. The van der Waals surface area contributed by atoms with Crippen LogP contribution < -0.4 is 4.74 Å². The number of benzene rings is 3. The van der Waals surface area contributed by atoms with Gasteiger partial charge in [-0.2, -0.15) is 0 Å². The molecule has 2 aliphatic rings. The second kappa shape index (κ2) is 13.3. The lowest BCUT2D eigenvalue weighted by atomic mass is 9.71. The van der Waals surface area contributed by atoms with Crippen LogP contribution in [0.3, 0.4) is 0 Å². The van der Waals surface area contributed by atoms with Gasteiger partial charge < -0.3 is 24.2 Å². The topological polar surface area (TPSA) is 62.3 Å². The summed E-state index contributed by atoms with van der Waals surface area (Å²) in [6, 6.07) is 23.0. The highest BCUT2D eigenvalue weighted by Crippen LogP contribution is 2.40. The molecule has 0 radical (unpaired) electrons. The van der Waals surface area contributed by atoms with Gasteiger partial charge in [0.1, 0.15) is 11.4 Å². The average molecular weight is 625 g/mol. The third kappa shape index (κ3) is 6.41. The molecule has 0 spiro atoms. The van der Waals surface area contributed by atoms with Crippen molar-refractivity contribution in [2.24, 2.45) is 0 Å². The number of carbonyl (C=O) groups excluding carboxylic acids is 2. The van der Waals surface area contributed by atoms with Crippen molar-refractivity contribution in [2.45, 2.75) is 30.3 Å². The van der Waals surface area contributed by atoms with Crippen molar-refractivity contribution < 1.29 is 19.1 Å². The number of rotatable bonds is 8. The van der Waals surface area contributed by atoms with Gasteiger partial charge in [-0.15, -0.1) is 0 Å². The molecule has 0 bridgehead atoms. The van der Waals surface area contributed by atoms with E-state index in [1.807, 2.05) is 61.5 Å². The Hall–Kier alpha value is -3.10. The maximum atomic E-state index is 13.7. The quantitative estimate of drug-likeness (QED) is 0.313. The molecule has 0 aliphatic carbocycles. The molecule has 5 rings (SSSR count). The van der Waals surface area contributed by atoms with Crippen molar-refractivity contribution in [1.82, 2.24) is 14.7 Å². The Kier molecular flexibility index (Phi) is 9.67. The Bertz CT molecular complexity index is 1440. The predicted molar refractivity (Wildman–Crippen MR) is 170 cm³/mol. The van der Waals surface area contributed by atoms with Gasteiger partial charge in [-0.25, -0.2) is 0 Å². The van der Waals surface area contributed by atoms with Crippen molar-refractivity contribution in [3.8, 4) is 5.75 Å². The summed E-state index contributed by atoms with van der Waals surface area (Å²) in [5.41, 5.74) is 1.16. The number of hydrogen-bond acceptors (Lipinski definition) is 5. The first-order valence-corrected chi connectivity index (χ1v) is 15.5. The number of carbonyl (C=O) groups is 2. The van der Waals surface area contributed by atoms with Crippen LogP contribution in [0.4, 0.5) is 0 Å². The Morgan fingerprint density at radius 3 is 2.28 bits per heavy atom. The van der Waals surface area contributed by atoms with E-state index in [1.165, 1.54) is 0 Å². The Morgan fingerprint density at radius 1 is 0.907 bits per heavy atom. The number of hydrogen-bond donors (Lipinski definition) is 0. The lowest BCUT2D eigenvalue weighted by Crippen LogP contribution is -2.54. The minimum Gasteiger partial charge on any atom is -0.496 e. The number of para-hydroxylation sites is 1. The van der Waals surface area contributed by atoms with Crippen LogP contribution in [-0.4, -0.2) is 87.0 Å². The fourth-order valence-corrected chi connectivity index (χ4v) is 6.81. The Labute approximate surface area is 264 Å². The molecule has 3 aromatic rings. The standard InChI is InChI=1S/C34H39Cl2N3O4/c1-37(2)32(41)33(25-9-5-4-6-10-25)15-18-38(19-16-33)20-17-34(26-13-14-28(35)29(36)23-26)24-39(21-22-43-34)31(40)27-11-7-8-12-30(27)42-3/h4-14,23H,15-22,24H2,1-3H3. The number of morpholine rings is 1. The van der Waals surface area contributed by atoms with Gasteiger partial charge in [0.25, 0.3) is 5.91 Å². The summed E-state index contributed by atoms with van der Waals surface area (Å²) in [5, 5.41) is 0.917. The number of ether oxygens (including phenoxy) is 2. The van der Waals surface area contributed by atoms with Crippen LogP contribution in [0.25, 0.3) is 0 Å². The molecule has 0 N–H and O–H groups in total. The maximum absolute atomic E-state index is 13.7. The third-order valence-electron chi connectivity index (χ3n) is 8.94. The summed E-state index contributed by atoms with van der Waals surface area (Å²) in [7, 11) is 5.24. The van der Waals surface area contributed by atoms with Crippen LogP contribution in [0.5, 0.6) is 5.75 Å². The first kappa shape index (κ1) is 31.3. The van der Waals surface area contributed by atoms with E-state index < -0.39 is 11.0 Å². The zero-order chi connectivity index (χ0) is 30.6. The molecule has 0 aromatic heterocycles.